The molecule has 1 saturated heterocycles. The molecule has 1 N–H and O–H groups in total. The Bertz CT molecular complexity index is 706. The Kier molecular flexibility index (Phi) is 3.72. The van der Waals surface area contributed by atoms with Gasteiger partial charge in [-0.1, -0.05) is 6.07 Å². The van der Waals surface area contributed by atoms with Crippen LogP contribution in [0.3, 0.4) is 0 Å². The number of carbonyl (C=O) groups excluding carboxylic acids is 1. The minimum absolute atomic E-state index is 0.231. The van der Waals surface area contributed by atoms with Crippen molar-refractivity contribution in [2.45, 2.75) is 43.6 Å². The van der Waals surface area contributed by atoms with Crippen LogP contribution in [-0.4, -0.2) is 27.0 Å². The molecule has 2 aliphatic rings. The second kappa shape index (κ2) is 5.31. The van der Waals surface area contributed by atoms with Crippen LogP contribution < -0.4 is 4.72 Å². The van der Waals surface area contributed by atoms with Crippen molar-refractivity contribution in [3.63, 3.8) is 0 Å². The van der Waals surface area contributed by atoms with Crippen LogP contribution >= 0.6 is 0 Å². The molecule has 120 valence electrons. The molecule has 22 heavy (non-hydrogen) atoms. The number of sulfonamides is 1. The highest BCUT2D eigenvalue weighted by molar-refractivity contribution is 7.90. The normalized spacial score (nSPS) is 27.6. The minimum atomic E-state index is -4.22. The van der Waals surface area contributed by atoms with E-state index >= 15 is 0 Å². The Labute approximate surface area is 128 Å². The Morgan fingerprint density at radius 1 is 1.41 bits per heavy atom. The highest BCUT2D eigenvalue weighted by Crippen LogP contribution is 2.47. The summed E-state index contributed by atoms with van der Waals surface area (Å²) in [5.41, 5.74) is -0.178. The summed E-state index contributed by atoms with van der Waals surface area (Å²) in [7, 11) is -4.22. The number of carbonyl (C=O) groups is 1. The van der Waals surface area contributed by atoms with Gasteiger partial charge in [-0.15, -0.1) is 0 Å². The zero-order valence-electron chi connectivity index (χ0n) is 12.3. The number of benzene rings is 1. The van der Waals surface area contributed by atoms with E-state index in [9.17, 15) is 17.6 Å². The molecule has 1 aliphatic heterocycles. The topological polar surface area (TPSA) is 72.5 Å². The lowest BCUT2D eigenvalue weighted by Gasteiger charge is -2.26. The van der Waals surface area contributed by atoms with Crippen LogP contribution in [0, 0.1) is 18.2 Å². The van der Waals surface area contributed by atoms with Gasteiger partial charge < -0.3 is 4.74 Å². The molecular weight excluding hydrogens is 309 g/mol. The molecule has 0 spiro atoms. The summed E-state index contributed by atoms with van der Waals surface area (Å²) in [5.74, 6) is -1.44. The van der Waals surface area contributed by atoms with Gasteiger partial charge >= 0.3 is 0 Å². The molecule has 0 unspecified atom stereocenters. The third-order valence-electron chi connectivity index (χ3n) is 4.63. The quantitative estimate of drug-likeness (QED) is 0.920. The van der Waals surface area contributed by atoms with Gasteiger partial charge in [0.15, 0.2) is 0 Å². The highest BCUT2D eigenvalue weighted by Gasteiger charge is 2.53. The minimum Gasteiger partial charge on any atom is -0.377 e. The number of aryl methyl sites for hydroxylation is 1. The van der Waals surface area contributed by atoms with Gasteiger partial charge in [0, 0.05) is 6.61 Å². The summed E-state index contributed by atoms with van der Waals surface area (Å²) in [5, 5.41) is 0. The molecular formula is C15H18FNO4S. The predicted octanol–water partition coefficient (Wildman–Crippen LogP) is 1.90. The summed E-state index contributed by atoms with van der Waals surface area (Å²) in [6.45, 7) is 2.12. The first-order chi connectivity index (χ1) is 10.3. The third-order valence-corrected chi connectivity index (χ3v) is 5.97. The van der Waals surface area contributed by atoms with Crippen molar-refractivity contribution >= 4 is 15.9 Å². The lowest BCUT2D eigenvalue weighted by atomic mass is 9.82. The maximum absolute atomic E-state index is 13.8. The zero-order valence-corrected chi connectivity index (χ0v) is 13.1. The van der Waals surface area contributed by atoms with E-state index in [1.54, 1.807) is 6.92 Å². The van der Waals surface area contributed by atoms with Crippen LogP contribution in [0.1, 0.15) is 31.2 Å². The number of hydrogen-bond donors (Lipinski definition) is 1. The Balaban J connectivity index is 1.88. The first kappa shape index (κ1) is 15.4. The van der Waals surface area contributed by atoms with Gasteiger partial charge in [-0.05, 0) is 50.3 Å². The van der Waals surface area contributed by atoms with Crippen LogP contribution in [0.25, 0.3) is 0 Å². The van der Waals surface area contributed by atoms with E-state index in [-0.39, 0.29) is 6.10 Å². The molecule has 0 bridgehead atoms. The first-order valence-corrected chi connectivity index (χ1v) is 8.78. The molecule has 1 heterocycles. The van der Waals surface area contributed by atoms with E-state index < -0.39 is 32.1 Å². The molecule has 1 aliphatic carbocycles. The maximum Gasteiger partial charge on any atom is 0.266 e. The second-order valence-corrected chi connectivity index (χ2v) is 7.68. The molecule has 1 aromatic rings. The lowest BCUT2D eigenvalue weighted by Crippen LogP contribution is -2.45. The monoisotopic (exact) mass is 327 g/mol. The van der Waals surface area contributed by atoms with E-state index in [0.29, 0.717) is 25.0 Å². The highest BCUT2D eigenvalue weighted by atomic mass is 32.2. The van der Waals surface area contributed by atoms with E-state index in [0.717, 1.165) is 18.9 Å². The van der Waals surface area contributed by atoms with E-state index in [2.05, 4.69) is 4.72 Å². The van der Waals surface area contributed by atoms with Gasteiger partial charge in [0.2, 0.25) is 5.91 Å². The molecule has 7 heteroatoms. The van der Waals surface area contributed by atoms with Gasteiger partial charge in [-0.2, -0.15) is 0 Å². The SMILES string of the molecule is Cc1ccc(F)c(S(=O)(=O)NC(=O)[C@]23CCC[C@H]2OCC3)c1. The summed E-state index contributed by atoms with van der Waals surface area (Å²) >= 11 is 0. The average Bonchev–Trinajstić information content (AvgIpc) is 3.01. The van der Waals surface area contributed by atoms with Crippen molar-refractivity contribution < 1.29 is 22.3 Å². The molecule has 0 aromatic heterocycles. The summed E-state index contributed by atoms with van der Waals surface area (Å²) in [6, 6.07) is 3.79. The van der Waals surface area contributed by atoms with Crippen LogP contribution in [0.2, 0.25) is 0 Å². The standard InChI is InChI=1S/C15H18FNO4S/c1-10-4-5-11(16)12(9-10)22(19,20)17-14(18)15-6-2-3-13(15)21-8-7-15/h4-5,9,13H,2-3,6-8H2,1H3,(H,17,18)/t13-,15+/m1/s1. The smallest absolute Gasteiger partial charge is 0.266 e. The van der Waals surface area contributed by atoms with Gasteiger partial charge in [0.1, 0.15) is 10.7 Å². The number of halogens is 1. The predicted molar refractivity (Wildman–Crippen MR) is 77.1 cm³/mol. The Morgan fingerprint density at radius 3 is 2.95 bits per heavy atom. The van der Waals surface area contributed by atoms with Gasteiger partial charge in [0.05, 0.1) is 11.5 Å². The van der Waals surface area contributed by atoms with Crippen molar-refractivity contribution in [1.82, 2.24) is 4.72 Å². The summed E-state index contributed by atoms with van der Waals surface area (Å²) in [6.07, 6.45) is 2.47. The number of ether oxygens (including phenoxy) is 1. The van der Waals surface area contributed by atoms with Gasteiger partial charge in [-0.3, -0.25) is 4.79 Å². The van der Waals surface area contributed by atoms with E-state index in [1.165, 1.54) is 12.1 Å². The molecule has 2 fully saturated rings. The van der Waals surface area contributed by atoms with E-state index in [4.69, 9.17) is 4.74 Å². The van der Waals surface area contributed by atoms with Gasteiger partial charge in [0.25, 0.3) is 10.0 Å². The third kappa shape index (κ3) is 2.42. The van der Waals surface area contributed by atoms with Crippen molar-refractivity contribution in [2.75, 3.05) is 6.61 Å². The number of nitrogens with one attached hydrogen (secondary N) is 1. The number of rotatable bonds is 3. The average molecular weight is 327 g/mol. The molecule has 1 amide bonds. The molecule has 5 nitrogen and oxygen atoms in total. The number of fused-ring (bicyclic) bond motifs is 1. The molecule has 1 saturated carbocycles. The van der Waals surface area contributed by atoms with Crippen molar-refractivity contribution in [2.24, 2.45) is 5.41 Å². The zero-order chi connectivity index (χ0) is 16.0. The number of hydrogen-bond acceptors (Lipinski definition) is 4. The van der Waals surface area contributed by atoms with Crippen LogP contribution in [0.4, 0.5) is 4.39 Å². The van der Waals surface area contributed by atoms with Crippen LogP contribution in [-0.2, 0) is 19.6 Å². The van der Waals surface area contributed by atoms with Crippen molar-refractivity contribution in [3.05, 3.63) is 29.6 Å². The molecule has 2 atom stereocenters. The Hall–Kier alpha value is -1.47. The Morgan fingerprint density at radius 2 is 2.18 bits per heavy atom. The second-order valence-electron chi connectivity index (χ2n) is 6.03. The fourth-order valence-corrected chi connectivity index (χ4v) is 4.64. The van der Waals surface area contributed by atoms with Crippen LogP contribution in [0.15, 0.2) is 23.1 Å². The molecule has 0 radical (unpaired) electrons. The lowest BCUT2D eigenvalue weighted by molar-refractivity contribution is -0.130. The first-order valence-electron chi connectivity index (χ1n) is 7.30. The van der Waals surface area contributed by atoms with Crippen molar-refractivity contribution in [1.29, 1.82) is 0 Å². The van der Waals surface area contributed by atoms with Gasteiger partial charge in [-0.25, -0.2) is 17.5 Å². The fourth-order valence-electron chi connectivity index (χ4n) is 3.42. The summed E-state index contributed by atoms with van der Waals surface area (Å²) in [4.78, 5) is 12.0. The largest absolute Gasteiger partial charge is 0.377 e. The number of amides is 1. The maximum atomic E-state index is 13.8. The van der Waals surface area contributed by atoms with E-state index in [1.807, 2.05) is 0 Å². The van der Waals surface area contributed by atoms with Crippen molar-refractivity contribution in [3.8, 4) is 0 Å². The molecule has 3 rings (SSSR count). The molecule has 1 aromatic carbocycles. The fraction of sp³-hybridized carbons (Fsp3) is 0.533. The van der Waals surface area contributed by atoms with Crippen LogP contribution in [0.5, 0.6) is 0 Å². The summed E-state index contributed by atoms with van der Waals surface area (Å²) < 4.78 is 46.1.